The summed E-state index contributed by atoms with van der Waals surface area (Å²) >= 11 is 0. The molecular formula is C13H26N2. The second-order valence-electron chi connectivity index (χ2n) is 6.40. The molecule has 88 valence electrons. The number of hydrogen-bond acceptors (Lipinski definition) is 2. The highest BCUT2D eigenvalue weighted by Gasteiger charge is 2.66. The van der Waals surface area contributed by atoms with E-state index in [0.29, 0.717) is 16.9 Å². The molecule has 1 aliphatic carbocycles. The lowest BCUT2D eigenvalue weighted by Gasteiger charge is -2.34. The maximum Gasteiger partial charge on any atom is 0.0210 e. The van der Waals surface area contributed by atoms with Crippen molar-refractivity contribution in [3.05, 3.63) is 0 Å². The Morgan fingerprint density at radius 2 is 1.80 bits per heavy atom. The van der Waals surface area contributed by atoms with Gasteiger partial charge in [-0.2, -0.15) is 0 Å². The van der Waals surface area contributed by atoms with Crippen LogP contribution in [0.3, 0.4) is 0 Å². The molecule has 0 aromatic heterocycles. The summed E-state index contributed by atoms with van der Waals surface area (Å²) in [6, 6.07) is 1.51. The molecule has 0 spiro atoms. The lowest BCUT2D eigenvalue weighted by molar-refractivity contribution is 0.163. The van der Waals surface area contributed by atoms with E-state index in [-0.39, 0.29) is 0 Å². The Hall–Kier alpha value is -0.0800. The van der Waals surface area contributed by atoms with Crippen LogP contribution in [0.4, 0.5) is 0 Å². The van der Waals surface area contributed by atoms with Gasteiger partial charge in [0.1, 0.15) is 0 Å². The van der Waals surface area contributed by atoms with Crippen molar-refractivity contribution < 1.29 is 0 Å². The van der Waals surface area contributed by atoms with Crippen LogP contribution in [0, 0.1) is 10.8 Å². The molecule has 0 bridgehead atoms. The number of rotatable bonds is 2. The first kappa shape index (κ1) is 11.4. The third-order valence-electron chi connectivity index (χ3n) is 5.09. The van der Waals surface area contributed by atoms with Gasteiger partial charge in [0.25, 0.3) is 0 Å². The lowest BCUT2D eigenvalue weighted by Crippen LogP contribution is -2.52. The molecule has 1 N–H and O–H groups in total. The van der Waals surface area contributed by atoms with Crippen molar-refractivity contribution in [1.82, 2.24) is 10.2 Å². The molecule has 0 radical (unpaired) electrons. The molecule has 0 amide bonds. The van der Waals surface area contributed by atoms with E-state index >= 15 is 0 Å². The normalized spacial score (nSPS) is 35.4. The highest BCUT2D eigenvalue weighted by Crippen LogP contribution is 2.65. The van der Waals surface area contributed by atoms with E-state index in [2.05, 4.69) is 44.8 Å². The van der Waals surface area contributed by atoms with Gasteiger partial charge in [-0.15, -0.1) is 0 Å². The zero-order valence-corrected chi connectivity index (χ0v) is 10.9. The molecule has 15 heavy (non-hydrogen) atoms. The van der Waals surface area contributed by atoms with Gasteiger partial charge >= 0.3 is 0 Å². The van der Waals surface area contributed by atoms with Crippen molar-refractivity contribution in [3.8, 4) is 0 Å². The van der Waals surface area contributed by atoms with Gasteiger partial charge in [0.05, 0.1) is 0 Å². The van der Waals surface area contributed by atoms with Crippen LogP contribution >= 0.6 is 0 Å². The standard InChI is InChI=1S/C13H26N2/c1-6-10-9-15(8-7-14-10)11-12(2,3)13(11,4)5/h10-11,14H,6-9H2,1-5H3. The first-order chi connectivity index (χ1) is 6.91. The van der Waals surface area contributed by atoms with Crippen molar-refractivity contribution in [2.75, 3.05) is 19.6 Å². The Morgan fingerprint density at radius 1 is 1.20 bits per heavy atom. The fraction of sp³-hybridized carbons (Fsp3) is 1.00. The van der Waals surface area contributed by atoms with Crippen molar-refractivity contribution in [1.29, 1.82) is 0 Å². The second kappa shape index (κ2) is 3.46. The molecule has 1 aliphatic heterocycles. The third-order valence-corrected chi connectivity index (χ3v) is 5.09. The summed E-state index contributed by atoms with van der Waals surface area (Å²) in [4.78, 5) is 2.71. The molecule has 2 aliphatic rings. The van der Waals surface area contributed by atoms with Crippen molar-refractivity contribution in [2.45, 2.75) is 53.1 Å². The molecule has 1 saturated carbocycles. The molecule has 0 aromatic rings. The monoisotopic (exact) mass is 210 g/mol. The van der Waals surface area contributed by atoms with Gasteiger partial charge in [0.15, 0.2) is 0 Å². The molecule has 2 nitrogen and oxygen atoms in total. The number of nitrogens with zero attached hydrogens (tertiary/aromatic N) is 1. The first-order valence-electron chi connectivity index (χ1n) is 6.38. The highest BCUT2D eigenvalue weighted by atomic mass is 15.3. The SMILES string of the molecule is CCC1CN(C2C(C)(C)C2(C)C)CCN1. The van der Waals surface area contributed by atoms with E-state index < -0.39 is 0 Å². The van der Waals surface area contributed by atoms with Gasteiger partial charge < -0.3 is 5.32 Å². The van der Waals surface area contributed by atoms with E-state index in [4.69, 9.17) is 0 Å². The van der Waals surface area contributed by atoms with Crippen LogP contribution in [0.2, 0.25) is 0 Å². The third kappa shape index (κ3) is 1.62. The minimum absolute atomic E-state index is 0.503. The molecule has 1 unspecified atom stereocenters. The average Bonchev–Trinajstić information content (AvgIpc) is 2.58. The van der Waals surface area contributed by atoms with Gasteiger partial charge in [0.2, 0.25) is 0 Å². The molecule has 2 fully saturated rings. The van der Waals surface area contributed by atoms with Crippen molar-refractivity contribution in [2.24, 2.45) is 10.8 Å². The van der Waals surface area contributed by atoms with Crippen molar-refractivity contribution in [3.63, 3.8) is 0 Å². The Labute approximate surface area is 94.4 Å². The van der Waals surface area contributed by atoms with Crippen LogP contribution in [0.15, 0.2) is 0 Å². The van der Waals surface area contributed by atoms with Crippen LogP contribution in [-0.4, -0.2) is 36.6 Å². The summed E-state index contributed by atoms with van der Waals surface area (Å²) in [5, 5.41) is 3.59. The smallest absolute Gasteiger partial charge is 0.0210 e. The zero-order chi connectivity index (χ0) is 11.3. The Balaban J connectivity index is 2.01. The fourth-order valence-corrected chi connectivity index (χ4v) is 3.43. The molecule has 1 atom stereocenters. The van der Waals surface area contributed by atoms with Gasteiger partial charge in [-0.3, -0.25) is 4.90 Å². The lowest BCUT2D eigenvalue weighted by atomic mass is 10.0. The van der Waals surface area contributed by atoms with Crippen LogP contribution in [0.25, 0.3) is 0 Å². The predicted octanol–water partition coefficient (Wildman–Crippen LogP) is 2.10. The van der Waals surface area contributed by atoms with Crippen LogP contribution in [0.1, 0.15) is 41.0 Å². The number of piperazine rings is 1. The Bertz CT molecular complexity index is 231. The second-order valence-corrected chi connectivity index (χ2v) is 6.40. The van der Waals surface area contributed by atoms with E-state index in [1.54, 1.807) is 0 Å². The molecular weight excluding hydrogens is 184 g/mol. The summed E-state index contributed by atoms with van der Waals surface area (Å²) in [5.74, 6) is 0. The Morgan fingerprint density at radius 3 is 2.27 bits per heavy atom. The average molecular weight is 210 g/mol. The van der Waals surface area contributed by atoms with E-state index in [0.717, 1.165) is 6.04 Å². The number of hydrogen-bond donors (Lipinski definition) is 1. The molecule has 2 rings (SSSR count). The van der Waals surface area contributed by atoms with E-state index in [1.807, 2.05) is 0 Å². The van der Waals surface area contributed by atoms with Crippen molar-refractivity contribution >= 4 is 0 Å². The fourth-order valence-electron chi connectivity index (χ4n) is 3.43. The van der Waals surface area contributed by atoms with Gasteiger partial charge in [-0.05, 0) is 17.3 Å². The maximum absolute atomic E-state index is 3.59. The summed E-state index contributed by atoms with van der Waals surface area (Å²) in [7, 11) is 0. The van der Waals surface area contributed by atoms with Gasteiger partial charge in [-0.25, -0.2) is 0 Å². The molecule has 2 heteroatoms. The predicted molar refractivity (Wildman–Crippen MR) is 65.0 cm³/mol. The summed E-state index contributed by atoms with van der Waals surface area (Å²) in [6.45, 7) is 15.6. The summed E-state index contributed by atoms with van der Waals surface area (Å²) in [6.07, 6.45) is 1.25. The number of nitrogens with one attached hydrogen (secondary N) is 1. The van der Waals surface area contributed by atoms with E-state index in [1.165, 1.54) is 26.1 Å². The topological polar surface area (TPSA) is 15.3 Å². The minimum atomic E-state index is 0.503. The van der Waals surface area contributed by atoms with Crippen LogP contribution < -0.4 is 5.32 Å². The zero-order valence-electron chi connectivity index (χ0n) is 10.9. The summed E-state index contributed by atoms with van der Waals surface area (Å²) < 4.78 is 0. The largest absolute Gasteiger partial charge is 0.311 e. The summed E-state index contributed by atoms with van der Waals surface area (Å²) in [5.41, 5.74) is 1.01. The minimum Gasteiger partial charge on any atom is -0.311 e. The van der Waals surface area contributed by atoms with Crippen LogP contribution in [0.5, 0.6) is 0 Å². The maximum atomic E-state index is 3.59. The Kier molecular flexibility index (Phi) is 2.63. The highest BCUT2D eigenvalue weighted by molar-refractivity contribution is 5.19. The van der Waals surface area contributed by atoms with E-state index in [9.17, 15) is 0 Å². The first-order valence-corrected chi connectivity index (χ1v) is 6.38. The van der Waals surface area contributed by atoms with Crippen LogP contribution in [-0.2, 0) is 0 Å². The quantitative estimate of drug-likeness (QED) is 0.751. The molecule has 1 saturated heterocycles. The molecule has 1 heterocycles. The van der Waals surface area contributed by atoms with Gasteiger partial charge in [0, 0.05) is 31.7 Å². The van der Waals surface area contributed by atoms with Gasteiger partial charge in [-0.1, -0.05) is 34.6 Å². The molecule has 0 aromatic carbocycles.